The molecular formula is C14H21FN2O4S. The van der Waals surface area contributed by atoms with E-state index in [1.807, 2.05) is 0 Å². The molecule has 124 valence electrons. The summed E-state index contributed by atoms with van der Waals surface area (Å²) in [6, 6.07) is 2.85. The van der Waals surface area contributed by atoms with Crippen molar-refractivity contribution in [1.29, 1.82) is 0 Å². The minimum atomic E-state index is -4.84. The second-order valence-corrected chi connectivity index (χ2v) is 7.12. The maximum atomic E-state index is 13.3. The van der Waals surface area contributed by atoms with Crippen molar-refractivity contribution in [3.63, 3.8) is 0 Å². The van der Waals surface area contributed by atoms with Gasteiger partial charge in [-0.3, -0.25) is 0 Å². The van der Waals surface area contributed by atoms with E-state index in [2.05, 4.69) is 10.6 Å². The highest BCUT2D eigenvalue weighted by Gasteiger charge is 2.20. The Labute approximate surface area is 130 Å². The lowest BCUT2D eigenvalue weighted by Gasteiger charge is -2.20. The predicted molar refractivity (Wildman–Crippen MR) is 82.1 cm³/mol. The van der Waals surface area contributed by atoms with E-state index in [1.54, 1.807) is 33.9 Å². The Morgan fingerprint density at radius 3 is 2.36 bits per heavy atom. The molecule has 0 atom stereocenters. The zero-order chi connectivity index (χ0) is 17.1. The van der Waals surface area contributed by atoms with Gasteiger partial charge >= 0.3 is 16.3 Å². The Kier molecular flexibility index (Phi) is 5.39. The van der Waals surface area contributed by atoms with Gasteiger partial charge in [0.2, 0.25) is 0 Å². The molecule has 0 aliphatic carbocycles. The third kappa shape index (κ3) is 5.18. The minimum absolute atomic E-state index is 0.0266. The molecule has 0 aliphatic heterocycles. The lowest BCUT2D eigenvalue weighted by molar-refractivity contribution is 0.0523. The maximum Gasteiger partial charge on any atom is 0.407 e. The van der Waals surface area contributed by atoms with Crippen LogP contribution in [-0.4, -0.2) is 27.2 Å². The molecule has 1 aromatic carbocycles. The quantitative estimate of drug-likeness (QED) is 0.828. The standard InChI is InChI=1S/C14H21FN2O4S/c1-9-10(8-17-13(18)21-14(2,3)4)6-11(16-5)7-12(9)22(15,19)20/h6-7,16H,8H2,1-5H3,(H,17,18). The summed E-state index contributed by atoms with van der Waals surface area (Å²) in [5, 5.41) is 5.28. The molecule has 0 fully saturated rings. The smallest absolute Gasteiger partial charge is 0.407 e. The first-order chi connectivity index (χ1) is 9.94. The molecule has 0 radical (unpaired) electrons. The molecule has 0 aromatic heterocycles. The highest BCUT2D eigenvalue weighted by molar-refractivity contribution is 7.86. The van der Waals surface area contributed by atoms with Gasteiger partial charge in [-0.2, -0.15) is 8.42 Å². The molecule has 0 spiro atoms. The van der Waals surface area contributed by atoms with Gasteiger partial charge in [0.1, 0.15) is 10.5 Å². The molecule has 0 heterocycles. The number of ether oxygens (including phenoxy) is 1. The Bertz CT molecular complexity index is 666. The highest BCUT2D eigenvalue weighted by Crippen LogP contribution is 2.25. The van der Waals surface area contributed by atoms with Gasteiger partial charge in [0.15, 0.2) is 0 Å². The van der Waals surface area contributed by atoms with E-state index in [0.717, 1.165) is 0 Å². The number of anilines is 1. The van der Waals surface area contributed by atoms with Crippen molar-refractivity contribution in [2.45, 2.75) is 44.7 Å². The number of carbonyl (C=O) groups is 1. The first-order valence-corrected chi connectivity index (χ1v) is 8.05. The van der Waals surface area contributed by atoms with Crippen LogP contribution in [-0.2, 0) is 21.5 Å². The molecule has 0 saturated heterocycles. The summed E-state index contributed by atoms with van der Waals surface area (Å²) in [5.41, 5.74) is 0.522. The van der Waals surface area contributed by atoms with Crippen molar-refractivity contribution < 1.29 is 21.8 Å². The molecule has 0 unspecified atom stereocenters. The number of rotatable bonds is 4. The summed E-state index contributed by atoms with van der Waals surface area (Å²) in [4.78, 5) is 11.2. The molecule has 6 nitrogen and oxygen atoms in total. The lowest BCUT2D eigenvalue weighted by atomic mass is 10.1. The van der Waals surface area contributed by atoms with E-state index in [9.17, 15) is 17.1 Å². The van der Waals surface area contributed by atoms with Crippen LogP contribution >= 0.6 is 0 Å². The second kappa shape index (κ2) is 6.51. The SMILES string of the molecule is CNc1cc(CNC(=O)OC(C)(C)C)c(C)c(S(=O)(=O)F)c1. The van der Waals surface area contributed by atoms with E-state index >= 15 is 0 Å². The van der Waals surface area contributed by atoms with Gasteiger partial charge in [-0.1, -0.05) is 0 Å². The highest BCUT2D eigenvalue weighted by atomic mass is 32.3. The van der Waals surface area contributed by atoms with Gasteiger partial charge in [0.25, 0.3) is 0 Å². The number of carbonyl (C=O) groups excluding carboxylic acids is 1. The van der Waals surface area contributed by atoms with Crippen LogP contribution in [0, 0.1) is 6.92 Å². The van der Waals surface area contributed by atoms with Crippen molar-refractivity contribution in [3.05, 3.63) is 23.3 Å². The van der Waals surface area contributed by atoms with E-state index in [1.165, 1.54) is 13.0 Å². The van der Waals surface area contributed by atoms with Crippen LogP contribution < -0.4 is 10.6 Å². The van der Waals surface area contributed by atoms with E-state index in [4.69, 9.17) is 4.74 Å². The van der Waals surface area contributed by atoms with Crippen LogP contribution in [0.1, 0.15) is 31.9 Å². The zero-order valence-electron chi connectivity index (χ0n) is 13.3. The molecule has 8 heteroatoms. The van der Waals surface area contributed by atoms with Crippen LogP contribution in [0.3, 0.4) is 0 Å². The fraction of sp³-hybridized carbons (Fsp3) is 0.500. The first-order valence-electron chi connectivity index (χ1n) is 6.67. The normalized spacial score (nSPS) is 11.9. The molecular weight excluding hydrogens is 311 g/mol. The molecule has 0 saturated carbocycles. The Morgan fingerprint density at radius 2 is 1.91 bits per heavy atom. The molecule has 1 aromatic rings. The first kappa shape index (κ1) is 18.2. The molecule has 0 aliphatic rings. The van der Waals surface area contributed by atoms with Crippen molar-refractivity contribution in [3.8, 4) is 0 Å². The Balaban J connectivity index is 3.03. The average Bonchev–Trinajstić information content (AvgIpc) is 2.34. The second-order valence-electron chi connectivity index (χ2n) is 5.80. The van der Waals surface area contributed by atoms with Gasteiger partial charge in [-0.15, -0.1) is 3.89 Å². The molecule has 1 rings (SSSR count). The molecule has 2 N–H and O–H groups in total. The largest absolute Gasteiger partial charge is 0.444 e. The van der Waals surface area contributed by atoms with Crippen LogP contribution in [0.5, 0.6) is 0 Å². The number of alkyl carbamates (subject to hydrolysis) is 1. The van der Waals surface area contributed by atoms with Gasteiger partial charge in [0.05, 0.1) is 0 Å². The topological polar surface area (TPSA) is 84.5 Å². The van der Waals surface area contributed by atoms with Gasteiger partial charge in [-0.25, -0.2) is 4.79 Å². The third-order valence-corrected chi connectivity index (χ3v) is 3.79. The number of hydrogen-bond acceptors (Lipinski definition) is 5. The number of hydrogen-bond donors (Lipinski definition) is 2. The minimum Gasteiger partial charge on any atom is -0.444 e. The fourth-order valence-corrected chi connectivity index (χ4v) is 2.57. The third-order valence-electron chi connectivity index (χ3n) is 2.84. The van der Waals surface area contributed by atoms with Gasteiger partial charge < -0.3 is 15.4 Å². The summed E-state index contributed by atoms with van der Waals surface area (Å²) in [6.07, 6.45) is -0.633. The number of nitrogens with one attached hydrogen (secondary N) is 2. The van der Waals surface area contributed by atoms with Crippen molar-refractivity contribution >= 4 is 22.0 Å². The van der Waals surface area contributed by atoms with Gasteiger partial charge in [-0.05, 0) is 51.0 Å². The average molecular weight is 332 g/mol. The van der Waals surface area contributed by atoms with Gasteiger partial charge in [0, 0.05) is 19.3 Å². The maximum absolute atomic E-state index is 13.3. The Morgan fingerprint density at radius 1 is 1.32 bits per heavy atom. The molecule has 22 heavy (non-hydrogen) atoms. The monoisotopic (exact) mass is 332 g/mol. The van der Waals surface area contributed by atoms with E-state index in [-0.39, 0.29) is 12.1 Å². The number of halogens is 1. The summed E-state index contributed by atoms with van der Waals surface area (Å²) >= 11 is 0. The van der Waals surface area contributed by atoms with Crippen molar-refractivity contribution in [2.75, 3.05) is 12.4 Å². The van der Waals surface area contributed by atoms with Crippen LogP contribution in [0.15, 0.2) is 17.0 Å². The molecule has 1 amide bonds. The Hall–Kier alpha value is -1.83. The van der Waals surface area contributed by atoms with Crippen molar-refractivity contribution in [1.82, 2.24) is 5.32 Å². The van der Waals surface area contributed by atoms with Crippen LogP contribution in [0.4, 0.5) is 14.4 Å². The van der Waals surface area contributed by atoms with Crippen molar-refractivity contribution in [2.24, 2.45) is 0 Å². The zero-order valence-corrected chi connectivity index (χ0v) is 14.1. The fourth-order valence-electron chi connectivity index (χ4n) is 1.81. The van der Waals surface area contributed by atoms with E-state index in [0.29, 0.717) is 11.3 Å². The van der Waals surface area contributed by atoms with Crippen LogP contribution in [0.25, 0.3) is 0 Å². The molecule has 0 bridgehead atoms. The lowest BCUT2D eigenvalue weighted by Crippen LogP contribution is -2.32. The summed E-state index contributed by atoms with van der Waals surface area (Å²) in [5.74, 6) is 0. The number of benzene rings is 1. The summed E-state index contributed by atoms with van der Waals surface area (Å²) in [6.45, 7) is 6.70. The van der Waals surface area contributed by atoms with Crippen LogP contribution in [0.2, 0.25) is 0 Å². The summed E-state index contributed by atoms with van der Waals surface area (Å²) in [7, 11) is -3.25. The summed E-state index contributed by atoms with van der Waals surface area (Å²) < 4.78 is 40.8. The van der Waals surface area contributed by atoms with E-state index < -0.39 is 26.8 Å². The number of amides is 1. The predicted octanol–water partition coefficient (Wildman–Crippen LogP) is 2.72.